The molecule has 0 fully saturated rings. The van der Waals surface area contributed by atoms with Crippen LogP contribution in [-0.4, -0.2) is 70.0 Å². The summed E-state index contributed by atoms with van der Waals surface area (Å²) in [5, 5.41) is 0. The summed E-state index contributed by atoms with van der Waals surface area (Å²) in [4.78, 5) is 37.8. The molecule has 0 saturated heterocycles. The second-order valence-electron chi connectivity index (χ2n) is 20.3. The molecule has 0 aliphatic carbocycles. The summed E-state index contributed by atoms with van der Waals surface area (Å²) in [5.41, 5.74) is 0. The van der Waals surface area contributed by atoms with Gasteiger partial charge in [0.1, 0.15) is 19.8 Å². The number of nitrogens with zero attached hydrogens (tertiary/aromatic N) is 1. The van der Waals surface area contributed by atoms with Gasteiger partial charge in [-0.05, 0) is 77.0 Å². The van der Waals surface area contributed by atoms with Gasteiger partial charge < -0.3 is 27.9 Å². The van der Waals surface area contributed by atoms with Gasteiger partial charge in [-0.25, -0.2) is 0 Å². The number of carbonyl (C=O) groups is 2. The third kappa shape index (κ3) is 53.3. The third-order valence-electron chi connectivity index (χ3n) is 12.3. The molecule has 2 unspecified atom stereocenters. The van der Waals surface area contributed by atoms with Gasteiger partial charge in [-0.1, -0.05) is 217 Å². The average Bonchev–Trinajstić information content (AvgIpc) is 3.30. The Morgan fingerprint density at radius 3 is 1.22 bits per heavy atom. The number of phosphoric ester groups is 1. The molecule has 9 nitrogen and oxygen atoms in total. The molecule has 68 heavy (non-hydrogen) atoms. The van der Waals surface area contributed by atoms with Crippen molar-refractivity contribution < 1.29 is 42.1 Å². The zero-order valence-corrected chi connectivity index (χ0v) is 45.9. The van der Waals surface area contributed by atoms with Crippen LogP contribution in [0.1, 0.15) is 258 Å². The first-order valence-electron chi connectivity index (χ1n) is 28.3. The normalized spacial score (nSPS) is 13.7. The molecule has 0 spiro atoms. The predicted octanol–water partition coefficient (Wildman–Crippen LogP) is 16.7. The Hall–Kier alpha value is -2.03. The van der Waals surface area contributed by atoms with Crippen molar-refractivity contribution in [2.24, 2.45) is 0 Å². The lowest BCUT2D eigenvalue weighted by Gasteiger charge is -2.28. The van der Waals surface area contributed by atoms with Crippen molar-refractivity contribution in [1.29, 1.82) is 0 Å². The summed E-state index contributed by atoms with van der Waals surface area (Å²) >= 11 is 0. The van der Waals surface area contributed by atoms with Crippen molar-refractivity contribution in [2.75, 3.05) is 47.5 Å². The zero-order chi connectivity index (χ0) is 49.9. The van der Waals surface area contributed by atoms with Gasteiger partial charge in [0.05, 0.1) is 27.7 Å². The Morgan fingerprint density at radius 2 is 0.794 bits per heavy atom. The minimum Gasteiger partial charge on any atom is -0.756 e. The Morgan fingerprint density at radius 1 is 0.456 bits per heavy atom. The highest BCUT2D eigenvalue weighted by Gasteiger charge is 2.21. The third-order valence-corrected chi connectivity index (χ3v) is 13.3. The Balaban J connectivity index is 4.17. The van der Waals surface area contributed by atoms with Crippen LogP contribution in [0.5, 0.6) is 0 Å². The molecule has 398 valence electrons. The maximum absolute atomic E-state index is 12.8. The van der Waals surface area contributed by atoms with E-state index in [1.54, 1.807) is 0 Å². The van der Waals surface area contributed by atoms with E-state index >= 15 is 0 Å². The van der Waals surface area contributed by atoms with E-state index < -0.39 is 26.5 Å². The van der Waals surface area contributed by atoms with Crippen molar-refractivity contribution >= 4 is 19.8 Å². The number of carbonyl (C=O) groups excluding carboxylic acids is 2. The van der Waals surface area contributed by atoms with Crippen LogP contribution in [-0.2, 0) is 32.7 Å². The van der Waals surface area contributed by atoms with Gasteiger partial charge in [0.15, 0.2) is 6.10 Å². The molecule has 0 saturated carbocycles. The van der Waals surface area contributed by atoms with Crippen LogP contribution in [0.25, 0.3) is 0 Å². The van der Waals surface area contributed by atoms with Crippen molar-refractivity contribution in [2.45, 2.75) is 264 Å². The zero-order valence-electron chi connectivity index (χ0n) is 45.1. The summed E-state index contributed by atoms with van der Waals surface area (Å²) in [6.45, 7) is 4.22. The van der Waals surface area contributed by atoms with Crippen molar-refractivity contribution in [1.82, 2.24) is 0 Å². The molecule has 0 aromatic heterocycles. The number of quaternary nitrogens is 1. The highest BCUT2D eigenvalue weighted by Crippen LogP contribution is 2.38. The first-order valence-corrected chi connectivity index (χ1v) is 29.8. The van der Waals surface area contributed by atoms with Crippen LogP contribution in [0.4, 0.5) is 0 Å². The number of esters is 2. The van der Waals surface area contributed by atoms with Gasteiger partial charge in [-0.3, -0.25) is 14.2 Å². The van der Waals surface area contributed by atoms with E-state index in [4.69, 9.17) is 18.5 Å². The van der Waals surface area contributed by atoms with Crippen LogP contribution in [0.3, 0.4) is 0 Å². The lowest BCUT2D eigenvalue weighted by molar-refractivity contribution is -0.870. The highest BCUT2D eigenvalue weighted by molar-refractivity contribution is 7.45. The highest BCUT2D eigenvalue weighted by atomic mass is 31.2. The molecule has 0 radical (unpaired) electrons. The number of unbranched alkanes of at least 4 members (excludes halogenated alkanes) is 30. The van der Waals surface area contributed by atoms with Gasteiger partial charge in [0.2, 0.25) is 0 Å². The first-order chi connectivity index (χ1) is 33.0. The monoisotopic (exact) mass is 978 g/mol. The lowest BCUT2D eigenvalue weighted by Crippen LogP contribution is -2.37. The van der Waals surface area contributed by atoms with E-state index in [1.165, 1.54) is 154 Å². The number of hydrogen-bond acceptors (Lipinski definition) is 8. The molecule has 2 atom stereocenters. The number of allylic oxidation sites excluding steroid dienone is 8. The van der Waals surface area contributed by atoms with E-state index in [1.807, 2.05) is 21.1 Å². The molecule has 0 aliphatic rings. The van der Waals surface area contributed by atoms with Crippen LogP contribution < -0.4 is 4.89 Å². The quantitative estimate of drug-likeness (QED) is 0.0195. The van der Waals surface area contributed by atoms with Crippen molar-refractivity contribution in [3.05, 3.63) is 48.6 Å². The summed E-state index contributed by atoms with van der Waals surface area (Å²) in [6, 6.07) is 0. The van der Waals surface area contributed by atoms with E-state index in [0.29, 0.717) is 17.4 Å². The molecular weight excluding hydrogens is 870 g/mol. The fraction of sp³-hybridized carbons (Fsp3) is 0.828. The molecule has 0 aromatic carbocycles. The van der Waals surface area contributed by atoms with Gasteiger partial charge >= 0.3 is 11.9 Å². The van der Waals surface area contributed by atoms with Crippen molar-refractivity contribution in [3.63, 3.8) is 0 Å². The van der Waals surface area contributed by atoms with Gasteiger partial charge in [0, 0.05) is 12.8 Å². The maximum atomic E-state index is 12.8. The number of ether oxygens (including phenoxy) is 2. The van der Waals surface area contributed by atoms with Crippen molar-refractivity contribution in [3.8, 4) is 0 Å². The van der Waals surface area contributed by atoms with Crippen LogP contribution >= 0.6 is 7.82 Å². The van der Waals surface area contributed by atoms with Crippen LogP contribution in [0.2, 0.25) is 0 Å². The molecule has 0 aliphatic heterocycles. The topological polar surface area (TPSA) is 111 Å². The van der Waals surface area contributed by atoms with Gasteiger partial charge in [-0.15, -0.1) is 0 Å². The Bertz CT molecular complexity index is 1290. The number of phosphoric acid groups is 1. The largest absolute Gasteiger partial charge is 0.756 e. The van der Waals surface area contributed by atoms with E-state index in [9.17, 15) is 19.0 Å². The molecule has 0 aromatic rings. The first kappa shape index (κ1) is 66.0. The van der Waals surface area contributed by atoms with Gasteiger partial charge in [-0.2, -0.15) is 0 Å². The van der Waals surface area contributed by atoms with Crippen LogP contribution in [0, 0.1) is 0 Å². The number of rotatable bonds is 52. The molecular formula is C58H108NO8P. The molecule has 0 amide bonds. The standard InChI is InChI=1S/C58H108NO8P/c1-6-8-10-12-14-16-18-20-22-24-26-27-28-29-30-31-33-34-36-38-40-42-44-46-48-50-57(60)64-54-56(55-66-68(62,63)65-53-52-59(3,4)5)67-58(61)51-49-47-45-43-41-39-37-35-32-25-23-21-19-17-15-13-11-9-7-2/h15,17,21,23-24,26,32,35,56H,6-14,16,18-20,22,25,27-31,33-34,36-55H2,1-5H3/b17-15-,23-21-,26-24-,35-32-. The summed E-state index contributed by atoms with van der Waals surface area (Å²) in [7, 11) is 1.16. The predicted molar refractivity (Wildman–Crippen MR) is 287 cm³/mol. The average molecular weight is 978 g/mol. The molecule has 10 heteroatoms. The van der Waals surface area contributed by atoms with E-state index in [2.05, 4.69) is 62.5 Å². The Labute approximate surface area is 420 Å². The fourth-order valence-corrected chi connectivity index (χ4v) is 8.62. The number of hydrogen-bond donors (Lipinski definition) is 0. The molecule has 0 heterocycles. The summed E-state index contributed by atoms with van der Waals surface area (Å²) in [5.74, 6) is -0.841. The minimum atomic E-state index is -4.64. The minimum absolute atomic E-state index is 0.0341. The smallest absolute Gasteiger partial charge is 0.306 e. The fourth-order valence-electron chi connectivity index (χ4n) is 7.89. The summed E-state index contributed by atoms with van der Waals surface area (Å²) in [6.07, 6.45) is 61.5. The molecule has 0 bridgehead atoms. The number of likely N-dealkylation sites (N-methyl/N-ethyl adjacent to an activating group) is 1. The lowest BCUT2D eigenvalue weighted by atomic mass is 10.0. The Kier molecular flexibility index (Phi) is 48.4. The molecule has 0 rings (SSSR count). The maximum Gasteiger partial charge on any atom is 0.306 e. The van der Waals surface area contributed by atoms with Gasteiger partial charge in [0.25, 0.3) is 7.82 Å². The second-order valence-corrected chi connectivity index (χ2v) is 21.7. The van der Waals surface area contributed by atoms with E-state index in [-0.39, 0.29) is 32.0 Å². The van der Waals surface area contributed by atoms with Crippen LogP contribution in [0.15, 0.2) is 48.6 Å². The molecule has 0 N–H and O–H groups in total. The SMILES string of the molecule is CCCCC/C=C\C/C=C\C/C=C\CCCCCCCCC(=O)OC(COC(=O)CCCCCCCCCCCCCCC/C=C\CCCCCCCCCC)COP(=O)([O-])OCC[N+](C)(C)C. The second kappa shape index (κ2) is 49.9. The van der Waals surface area contributed by atoms with E-state index in [0.717, 1.165) is 70.6 Å². The summed E-state index contributed by atoms with van der Waals surface area (Å²) < 4.78 is 34.1.